The smallest absolute Gasteiger partial charge is 0.250 e. The van der Waals surface area contributed by atoms with Gasteiger partial charge in [-0.05, 0) is 30.7 Å². The molecule has 1 atom stereocenters. The molecule has 3 N–H and O–H groups in total. The summed E-state index contributed by atoms with van der Waals surface area (Å²) in [7, 11) is 0. The van der Waals surface area contributed by atoms with Crippen molar-refractivity contribution in [2.45, 2.75) is 24.5 Å². The number of primary amides is 1. The zero-order chi connectivity index (χ0) is 12.1. The molecule has 1 saturated heterocycles. The van der Waals surface area contributed by atoms with Crippen molar-refractivity contribution in [3.63, 3.8) is 0 Å². The summed E-state index contributed by atoms with van der Waals surface area (Å²) < 4.78 is 0. The van der Waals surface area contributed by atoms with Gasteiger partial charge < -0.3 is 11.1 Å². The third-order valence-electron chi connectivity index (χ3n) is 2.83. The maximum absolute atomic E-state index is 10.9. The van der Waals surface area contributed by atoms with Gasteiger partial charge in [-0.3, -0.25) is 4.79 Å². The summed E-state index contributed by atoms with van der Waals surface area (Å²) in [6.07, 6.45) is 5.45. The molecule has 92 valence electrons. The number of nitrogens with one attached hydrogen (secondary N) is 1. The van der Waals surface area contributed by atoms with Crippen LogP contribution in [0, 0.1) is 0 Å². The van der Waals surface area contributed by atoms with Gasteiger partial charge in [0.05, 0.1) is 5.56 Å². The average Bonchev–Trinajstić information content (AvgIpc) is 2.38. The van der Waals surface area contributed by atoms with Gasteiger partial charge in [0.15, 0.2) is 0 Å². The van der Waals surface area contributed by atoms with E-state index >= 15 is 0 Å². The SMILES string of the molecule is NC(=O)c1ccc(NCC2CCCCS2)nc1. The molecule has 1 aliphatic rings. The number of aromatic nitrogens is 1. The topological polar surface area (TPSA) is 68.0 Å². The average molecular weight is 251 g/mol. The molecule has 2 heterocycles. The van der Waals surface area contributed by atoms with E-state index in [1.807, 2.05) is 11.8 Å². The second kappa shape index (κ2) is 5.91. The molecule has 0 aliphatic carbocycles. The van der Waals surface area contributed by atoms with Crippen LogP contribution in [-0.2, 0) is 0 Å². The highest BCUT2D eigenvalue weighted by Crippen LogP contribution is 2.25. The van der Waals surface area contributed by atoms with Crippen molar-refractivity contribution in [1.29, 1.82) is 0 Å². The van der Waals surface area contributed by atoms with Crippen LogP contribution in [0.2, 0.25) is 0 Å². The van der Waals surface area contributed by atoms with Gasteiger partial charge in [0.2, 0.25) is 5.91 Å². The Bertz CT molecular complexity index is 374. The number of carbonyl (C=O) groups excluding carboxylic acids is 1. The van der Waals surface area contributed by atoms with Crippen molar-refractivity contribution >= 4 is 23.5 Å². The zero-order valence-electron chi connectivity index (χ0n) is 9.69. The summed E-state index contributed by atoms with van der Waals surface area (Å²) in [5, 5.41) is 3.98. The molecular weight excluding hydrogens is 234 g/mol. The second-order valence-electron chi connectivity index (χ2n) is 4.17. The number of thioether (sulfide) groups is 1. The molecule has 0 aromatic carbocycles. The Hall–Kier alpha value is -1.23. The van der Waals surface area contributed by atoms with E-state index in [9.17, 15) is 4.79 Å². The summed E-state index contributed by atoms with van der Waals surface area (Å²) in [5.41, 5.74) is 5.60. The molecule has 1 unspecified atom stereocenters. The second-order valence-corrected chi connectivity index (χ2v) is 5.57. The highest BCUT2D eigenvalue weighted by atomic mass is 32.2. The predicted molar refractivity (Wildman–Crippen MR) is 71.3 cm³/mol. The largest absolute Gasteiger partial charge is 0.369 e. The summed E-state index contributed by atoms with van der Waals surface area (Å²) in [5.74, 6) is 1.63. The van der Waals surface area contributed by atoms with Gasteiger partial charge in [0, 0.05) is 18.0 Å². The van der Waals surface area contributed by atoms with E-state index < -0.39 is 5.91 Å². The van der Waals surface area contributed by atoms with Gasteiger partial charge in [-0.25, -0.2) is 4.98 Å². The molecule has 17 heavy (non-hydrogen) atoms. The van der Waals surface area contributed by atoms with Crippen LogP contribution >= 0.6 is 11.8 Å². The predicted octanol–water partition coefficient (Wildman–Crippen LogP) is 1.88. The maximum atomic E-state index is 10.9. The van der Waals surface area contributed by atoms with E-state index in [1.165, 1.54) is 31.2 Å². The minimum Gasteiger partial charge on any atom is -0.369 e. The number of hydrogen-bond donors (Lipinski definition) is 2. The standard InChI is InChI=1S/C12H17N3OS/c13-12(16)9-4-5-11(14-7-9)15-8-10-3-1-2-6-17-10/h4-5,7,10H,1-3,6,8H2,(H2,13,16)(H,14,15). The lowest BCUT2D eigenvalue weighted by Gasteiger charge is -2.21. The molecule has 0 radical (unpaired) electrons. The van der Waals surface area contributed by atoms with Crippen LogP contribution in [0.15, 0.2) is 18.3 Å². The van der Waals surface area contributed by atoms with Gasteiger partial charge in [0.1, 0.15) is 5.82 Å². The molecule has 4 nitrogen and oxygen atoms in total. The monoisotopic (exact) mass is 251 g/mol. The lowest BCUT2D eigenvalue weighted by atomic mass is 10.2. The number of pyridine rings is 1. The van der Waals surface area contributed by atoms with Crippen LogP contribution in [-0.4, -0.2) is 28.4 Å². The first-order valence-electron chi connectivity index (χ1n) is 5.87. The summed E-state index contributed by atoms with van der Waals surface area (Å²) in [6.45, 7) is 0.938. The van der Waals surface area contributed by atoms with Gasteiger partial charge in [-0.2, -0.15) is 11.8 Å². The summed E-state index contributed by atoms with van der Waals surface area (Å²) >= 11 is 2.03. The fourth-order valence-electron chi connectivity index (χ4n) is 1.83. The Morgan fingerprint density at radius 1 is 1.53 bits per heavy atom. The molecule has 0 spiro atoms. The molecule has 5 heteroatoms. The first-order valence-corrected chi connectivity index (χ1v) is 6.92. The Kier molecular flexibility index (Phi) is 4.25. The van der Waals surface area contributed by atoms with Crippen LogP contribution in [0.3, 0.4) is 0 Å². The van der Waals surface area contributed by atoms with Gasteiger partial charge in [-0.15, -0.1) is 0 Å². The van der Waals surface area contributed by atoms with Crippen LogP contribution in [0.4, 0.5) is 5.82 Å². The number of nitrogens with zero attached hydrogens (tertiary/aromatic N) is 1. The van der Waals surface area contributed by atoms with E-state index in [-0.39, 0.29) is 0 Å². The van der Waals surface area contributed by atoms with Crippen molar-refractivity contribution in [3.05, 3.63) is 23.9 Å². The molecule has 0 saturated carbocycles. The highest BCUT2D eigenvalue weighted by Gasteiger charge is 2.13. The molecule has 2 rings (SSSR count). The van der Waals surface area contributed by atoms with E-state index in [2.05, 4.69) is 10.3 Å². The van der Waals surface area contributed by atoms with Crippen molar-refractivity contribution in [3.8, 4) is 0 Å². The van der Waals surface area contributed by atoms with Crippen molar-refractivity contribution < 1.29 is 4.79 Å². The first kappa shape index (κ1) is 12.2. The number of rotatable bonds is 4. The number of anilines is 1. The number of amides is 1. The Morgan fingerprint density at radius 3 is 3.00 bits per heavy atom. The molecule has 0 bridgehead atoms. The van der Waals surface area contributed by atoms with E-state index in [1.54, 1.807) is 12.1 Å². The van der Waals surface area contributed by atoms with Crippen molar-refractivity contribution in [2.24, 2.45) is 5.73 Å². The van der Waals surface area contributed by atoms with Crippen LogP contribution in [0.5, 0.6) is 0 Å². The van der Waals surface area contributed by atoms with E-state index in [0.717, 1.165) is 12.4 Å². The Morgan fingerprint density at radius 2 is 2.41 bits per heavy atom. The van der Waals surface area contributed by atoms with Gasteiger partial charge in [-0.1, -0.05) is 6.42 Å². The molecule has 1 amide bonds. The Labute approximate surface area is 105 Å². The third-order valence-corrected chi connectivity index (χ3v) is 4.23. The molecular formula is C12H17N3OS. The molecule has 1 aromatic heterocycles. The summed E-state index contributed by atoms with van der Waals surface area (Å²) in [4.78, 5) is 15.0. The number of hydrogen-bond acceptors (Lipinski definition) is 4. The van der Waals surface area contributed by atoms with Crippen LogP contribution < -0.4 is 11.1 Å². The van der Waals surface area contributed by atoms with Crippen LogP contribution in [0.1, 0.15) is 29.6 Å². The molecule has 1 aromatic rings. The van der Waals surface area contributed by atoms with Crippen molar-refractivity contribution in [2.75, 3.05) is 17.6 Å². The quantitative estimate of drug-likeness (QED) is 0.857. The van der Waals surface area contributed by atoms with Crippen molar-refractivity contribution in [1.82, 2.24) is 4.98 Å². The minimum absolute atomic E-state index is 0.438. The number of nitrogens with two attached hydrogens (primary N) is 1. The normalized spacial score (nSPS) is 19.9. The van der Waals surface area contributed by atoms with Gasteiger partial charge in [0.25, 0.3) is 0 Å². The van der Waals surface area contributed by atoms with E-state index in [4.69, 9.17) is 5.73 Å². The number of carbonyl (C=O) groups is 1. The Balaban J connectivity index is 1.84. The zero-order valence-corrected chi connectivity index (χ0v) is 10.5. The first-order chi connectivity index (χ1) is 8.25. The molecule has 1 fully saturated rings. The maximum Gasteiger partial charge on any atom is 0.250 e. The van der Waals surface area contributed by atoms with E-state index in [0.29, 0.717) is 10.8 Å². The fraction of sp³-hybridized carbons (Fsp3) is 0.500. The fourth-order valence-corrected chi connectivity index (χ4v) is 3.07. The lowest BCUT2D eigenvalue weighted by Crippen LogP contribution is -2.20. The lowest BCUT2D eigenvalue weighted by molar-refractivity contribution is 0.1000. The summed E-state index contributed by atoms with van der Waals surface area (Å²) in [6, 6.07) is 3.50. The third kappa shape index (κ3) is 3.63. The van der Waals surface area contributed by atoms with Gasteiger partial charge >= 0.3 is 0 Å². The van der Waals surface area contributed by atoms with Crippen LogP contribution in [0.25, 0.3) is 0 Å². The molecule has 1 aliphatic heterocycles. The highest BCUT2D eigenvalue weighted by molar-refractivity contribution is 7.99. The minimum atomic E-state index is -0.438.